The van der Waals surface area contributed by atoms with Gasteiger partial charge in [-0.25, -0.2) is 4.68 Å². The van der Waals surface area contributed by atoms with Gasteiger partial charge in [-0.3, -0.25) is 9.47 Å². The second kappa shape index (κ2) is 6.89. The first kappa shape index (κ1) is 15.6. The maximum Gasteiger partial charge on any atom is 0.234 e. The fourth-order valence-corrected chi connectivity index (χ4v) is 2.99. The number of para-hydroxylation sites is 1. The summed E-state index contributed by atoms with van der Waals surface area (Å²) in [6.45, 7) is 1.86. The summed E-state index contributed by atoms with van der Waals surface area (Å²) in [7, 11) is 0. The molecule has 0 bridgehead atoms. The van der Waals surface area contributed by atoms with Crippen LogP contribution in [0, 0.1) is 6.92 Å². The third kappa shape index (κ3) is 3.57. The van der Waals surface area contributed by atoms with Crippen molar-refractivity contribution in [2.75, 3.05) is 11.1 Å². The molecule has 3 rings (SSSR count). The highest BCUT2D eigenvalue weighted by atomic mass is 35.5. The molecule has 0 aliphatic rings. The van der Waals surface area contributed by atoms with Crippen LogP contribution in [0.25, 0.3) is 0 Å². The molecule has 0 aliphatic heterocycles. The van der Waals surface area contributed by atoms with Crippen molar-refractivity contribution < 1.29 is 4.79 Å². The molecule has 1 amide bonds. The first-order valence-electron chi connectivity index (χ1n) is 6.88. The van der Waals surface area contributed by atoms with Crippen molar-refractivity contribution in [2.45, 2.75) is 12.1 Å². The standard InChI is InChI=1S/C15H14ClN5OS/c1-11-18-19-15(21(11)20-8-4-5-9-20)23-10-14(22)17-13-7-3-2-6-12(13)16/h2-9H,10H2,1H3,(H,17,22). The largest absolute Gasteiger partial charge is 0.324 e. The number of benzene rings is 1. The molecule has 0 aliphatic carbocycles. The number of nitrogens with zero attached hydrogens (tertiary/aromatic N) is 4. The van der Waals surface area contributed by atoms with Crippen LogP contribution in [0.4, 0.5) is 5.69 Å². The Bertz CT molecular complexity index is 815. The smallest absolute Gasteiger partial charge is 0.234 e. The number of rotatable bonds is 5. The lowest BCUT2D eigenvalue weighted by atomic mass is 10.3. The summed E-state index contributed by atoms with van der Waals surface area (Å²) in [5, 5.41) is 12.1. The van der Waals surface area contributed by atoms with Crippen LogP contribution in [-0.2, 0) is 4.79 Å². The van der Waals surface area contributed by atoms with E-state index in [1.807, 2.05) is 52.9 Å². The second-order valence-electron chi connectivity index (χ2n) is 4.72. The van der Waals surface area contributed by atoms with Gasteiger partial charge in [-0.2, -0.15) is 0 Å². The van der Waals surface area contributed by atoms with E-state index in [2.05, 4.69) is 15.5 Å². The Labute approximate surface area is 142 Å². The lowest BCUT2D eigenvalue weighted by Crippen LogP contribution is -2.16. The Balaban J connectivity index is 1.67. The number of hydrogen-bond acceptors (Lipinski definition) is 4. The lowest BCUT2D eigenvalue weighted by molar-refractivity contribution is -0.113. The van der Waals surface area contributed by atoms with Gasteiger partial charge in [-0.1, -0.05) is 35.5 Å². The van der Waals surface area contributed by atoms with Gasteiger partial charge in [0.05, 0.1) is 16.5 Å². The lowest BCUT2D eigenvalue weighted by Gasteiger charge is -2.09. The summed E-state index contributed by atoms with van der Waals surface area (Å²) in [6, 6.07) is 11.0. The van der Waals surface area contributed by atoms with E-state index in [1.165, 1.54) is 11.8 Å². The van der Waals surface area contributed by atoms with E-state index < -0.39 is 0 Å². The van der Waals surface area contributed by atoms with Crippen molar-refractivity contribution in [1.29, 1.82) is 0 Å². The number of hydrogen-bond donors (Lipinski definition) is 1. The van der Waals surface area contributed by atoms with Crippen molar-refractivity contribution in [2.24, 2.45) is 0 Å². The molecule has 0 spiro atoms. The van der Waals surface area contributed by atoms with Crippen molar-refractivity contribution >= 4 is 35.0 Å². The molecule has 8 heteroatoms. The summed E-state index contributed by atoms with van der Waals surface area (Å²) < 4.78 is 3.71. The number of aryl methyl sites for hydroxylation is 1. The van der Waals surface area contributed by atoms with Gasteiger partial charge in [-0.15, -0.1) is 10.2 Å². The van der Waals surface area contributed by atoms with Crippen LogP contribution in [0.5, 0.6) is 0 Å². The Kier molecular flexibility index (Phi) is 4.68. The molecule has 23 heavy (non-hydrogen) atoms. The average Bonchev–Trinajstić information content (AvgIpc) is 3.17. The van der Waals surface area contributed by atoms with E-state index in [0.29, 0.717) is 15.9 Å². The highest BCUT2D eigenvalue weighted by Gasteiger charge is 2.13. The molecule has 0 unspecified atom stereocenters. The topological polar surface area (TPSA) is 64.7 Å². The first-order valence-corrected chi connectivity index (χ1v) is 8.24. The van der Waals surface area contributed by atoms with Crippen molar-refractivity contribution in [3.63, 3.8) is 0 Å². The summed E-state index contributed by atoms with van der Waals surface area (Å²) >= 11 is 7.34. The number of anilines is 1. The molecule has 2 aromatic heterocycles. The third-order valence-electron chi connectivity index (χ3n) is 3.07. The molecule has 0 fully saturated rings. The van der Waals surface area contributed by atoms with E-state index in [9.17, 15) is 4.79 Å². The maximum atomic E-state index is 12.1. The van der Waals surface area contributed by atoms with Crippen LogP contribution in [0.15, 0.2) is 53.9 Å². The zero-order chi connectivity index (χ0) is 16.2. The molecule has 1 N–H and O–H groups in total. The van der Waals surface area contributed by atoms with E-state index in [0.717, 1.165) is 5.82 Å². The number of halogens is 1. The summed E-state index contributed by atoms with van der Waals surface area (Å²) in [5.41, 5.74) is 0.600. The summed E-state index contributed by atoms with van der Waals surface area (Å²) in [6.07, 6.45) is 3.79. The molecule has 0 atom stereocenters. The summed E-state index contributed by atoms with van der Waals surface area (Å²) in [4.78, 5) is 12.1. The SMILES string of the molecule is Cc1nnc(SCC(=O)Nc2ccccc2Cl)n1-n1cccc1. The van der Waals surface area contributed by atoms with E-state index >= 15 is 0 Å². The summed E-state index contributed by atoms with van der Waals surface area (Å²) in [5.74, 6) is 0.808. The Hall–Kier alpha value is -2.25. The Morgan fingerprint density at radius 1 is 1.22 bits per heavy atom. The second-order valence-corrected chi connectivity index (χ2v) is 6.07. The van der Waals surface area contributed by atoms with Crippen molar-refractivity contribution in [3.05, 3.63) is 59.6 Å². The highest BCUT2D eigenvalue weighted by Crippen LogP contribution is 2.22. The van der Waals surface area contributed by atoms with Crippen LogP contribution < -0.4 is 5.32 Å². The number of carbonyl (C=O) groups excluding carboxylic acids is 1. The zero-order valence-electron chi connectivity index (χ0n) is 12.3. The van der Waals surface area contributed by atoms with Gasteiger partial charge >= 0.3 is 0 Å². The van der Waals surface area contributed by atoms with Gasteiger partial charge in [0, 0.05) is 12.4 Å². The molecule has 6 nitrogen and oxygen atoms in total. The van der Waals surface area contributed by atoms with Crippen LogP contribution in [-0.4, -0.2) is 31.2 Å². The Morgan fingerprint density at radius 2 is 1.96 bits per heavy atom. The van der Waals surface area contributed by atoms with Crippen molar-refractivity contribution in [1.82, 2.24) is 19.5 Å². The van der Waals surface area contributed by atoms with E-state index in [4.69, 9.17) is 11.6 Å². The predicted molar refractivity (Wildman–Crippen MR) is 90.8 cm³/mol. The number of thioether (sulfide) groups is 1. The van der Waals surface area contributed by atoms with Gasteiger partial charge in [0.15, 0.2) is 5.82 Å². The van der Waals surface area contributed by atoms with Crippen LogP contribution >= 0.6 is 23.4 Å². The number of carbonyl (C=O) groups is 1. The van der Waals surface area contributed by atoms with Gasteiger partial charge in [0.2, 0.25) is 11.1 Å². The fraction of sp³-hybridized carbons (Fsp3) is 0.133. The molecule has 0 saturated heterocycles. The molecule has 118 valence electrons. The molecular formula is C15H14ClN5OS. The monoisotopic (exact) mass is 347 g/mol. The minimum atomic E-state index is -0.150. The average molecular weight is 348 g/mol. The molecule has 0 saturated carbocycles. The predicted octanol–water partition coefficient (Wildman–Crippen LogP) is 3.08. The minimum Gasteiger partial charge on any atom is -0.324 e. The van der Waals surface area contributed by atoms with E-state index in [1.54, 1.807) is 12.1 Å². The molecular weight excluding hydrogens is 334 g/mol. The van der Waals surface area contributed by atoms with Crippen LogP contribution in [0.1, 0.15) is 5.82 Å². The van der Waals surface area contributed by atoms with Gasteiger partial charge in [-0.05, 0) is 31.2 Å². The van der Waals surface area contributed by atoms with E-state index in [-0.39, 0.29) is 11.7 Å². The van der Waals surface area contributed by atoms with Gasteiger partial charge in [0.25, 0.3) is 0 Å². The number of amides is 1. The van der Waals surface area contributed by atoms with Gasteiger partial charge in [0.1, 0.15) is 0 Å². The van der Waals surface area contributed by atoms with Gasteiger partial charge < -0.3 is 5.32 Å². The number of nitrogens with one attached hydrogen (secondary N) is 1. The first-order chi connectivity index (χ1) is 11.1. The molecule has 3 aromatic rings. The fourth-order valence-electron chi connectivity index (χ4n) is 2.03. The third-order valence-corrected chi connectivity index (χ3v) is 4.32. The zero-order valence-corrected chi connectivity index (χ0v) is 13.9. The molecule has 1 aromatic carbocycles. The van der Waals surface area contributed by atoms with Crippen LogP contribution in [0.3, 0.4) is 0 Å². The Morgan fingerprint density at radius 3 is 2.70 bits per heavy atom. The number of aromatic nitrogens is 4. The highest BCUT2D eigenvalue weighted by molar-refractivity contribution is 7.99. The molecule has 0 radical (unpaired) electrons. The maximum absolute atomic E-state index is 12.1. The minimum absolute atomic E-state index is 0.150. The normalized spacial score (nSPS) is 10.7. The quantitative estimate of drug-likeness (QED) is 0.720. The van der Waals surface area contributed by atoms with Crippen LogP contribution in [0.2, 0.25) is 5.02 Å². The van der Waals surface area contributed by atoms with Crippen molar-refractivity contribution in [3.8, 4) is 0 Å². The molecule has 2 heterocycles.